The minimum atomic E-state index is 0.576. The predicted molar refractivity (Wildman–Crippen MR) is 53.6 cm³/mol. The van der Waals surface area contributed by atoms with Crippen LogP contribution < -0.4 is 5.32 Å². The molecule has 0 amide bonds. The van der Waals surface area contributed by atoms with Gasteiger partial charge in [-0.15, -0.1) is 0 Å². The van der Waals surface area contributed by atoms with E-state index in [0.29, 0.717) is 6.04 Å². The molecule has 1 fully saturated rings. The Morgan fingerprint density at radius 1 is 1.50 bits per heavy atom. The summed E-state index contributed by atoms with van der Waals surface area (Å²) in [6, 6.07) is 0.576. The van der Waals surface area contributed by atoms with E-state index in [1.807, 2.05) is 6.20 Å². The van der Waals surface area contributed by atoms with Gasteiger partial charge in [-0.25, -0.2) is 0 Å². The predicted octanol–water partition coefficient (Wildman–Crippen LogP) is 1.83. The highest BCUT2D eigenvalue weighted by molar-refractivity contribution is 5.65. The quantitative estimate of drug-likeness (QED) is 0.734. The molecule has 0 aromatic carbocycles. The molecule has 3 nitrogen and oxygen atoms in total. The zero-order valence-corrected chi connectivity index (χ0v) is 8.07. The first-order valence-electron chi connectivity index (χ1n) is 5.25. The first-order chi connectivity index (χ1) is 6.92. The monoisotopic (exact) mass is 190 g/mol. The number of nitrogens with zero attached hydrogens (tertiary/aromatic N) is 1. The maximum Gasteiger partial charge on any atom is 0.131 e. The fourth-order valence-corrected chi connectivity index (χ4v) is 2.54. The van der Waals surface area contributed by atoms with Crippen LogP contribution in [0.15, 0.2) is 23.1 Å². The molecule has 2 bridgehead atoms. The van der Waals surface area contributed by atoms with Crippen LogP contribution in [0.5, 0.6) is 0 Å². The second-order valence-corrected chi connectivity index (χ2v) is 4.26. The first kappa shape index (κ1) is 8.24. The highest BCUT2D eigenvalue weighted by Crippen LogP contribution is 2.34. The summed E-state index contributed by atoms with van der Waals surface area (Å²) in [6.45, 7) is 1.17. The molecule has 2 atom stereocenters. The van der Waals surface area contributed by atoms with Gasteiger partial charge in [0, 0.05) is 11.6 Å². The largest absolute Gasteiger partial charge is 0.364 e. The minimum Gasteiger partial charge on any atom is -0.364 e. The maximum atomic E-state index is 4.88. The maximum absolute atomic E-state index is 4.88. The zero-order chi connectivity index (χ0) is 9.38. The van der Waals surface area contributed by atoms with E-state index < -0.39 is 0 Å². The Hall–Kier alpha value is -1.09. The summed E-state index contributed by atoms with van der Waals surface area (Å²) >= 11 is 0. The van der Waals surface area contributed by atoms with E-state index in [1.54, 1.807) is 6.26 Å². The van der Waals surface area contributed by atoms with Crippen LogP contribution in [0.2, 0.25) is 0 Å². The summed E-state index contributed by atoms with van der Waals surface area (Å²) in [5.74, 6) is 0.858. The Kier molecular flexibility index (Phi) is 1.91. The van der Waals surface area contributed by atoms with Gasteiger partial charge < -0.3 is 9.84 Å². The van der Waals surface area contributed by atoms with Crippen molar-refractivity contribution in [3.05, 3.63) is 24.1 Å². The lowest BCUT2D eigenvalue weighted by Gasteiger charge is -2.33. The van der Waals surface area contributed by atoms with Crippen molar-refractivity contribution in [3.8, 4) is 0 Å². The average molecular weight is 190 g/mol. The second kappa shape index (κ2) is 3.24. The lowest BCUT2D eigenvalue weighted by Crippen LogP contribution is -2.39. The van der Waals surface area contributed by atoms with Crippen LogP contribution in [-0.2, 0) is 0 Å². The van der Waals surface area contributed by atoms with Crippen LogP contribution in [0, 0.1) is 5.92 Å². The molecule has 3 rings (SSSR count). The number of aromatic nitrogens is 1. The van der Waals surface area contributed by atoms with E-state index in [2.05, 4.69) is 16.5 Å². The Morgan fingerprint density at radius 3 is 3.29 bits per heavy atom. The molecule has 2 heterocycles. The van der Waals surface area contributed by atoms with Crippen molar-refractivity contribution >= 4 is 5.57 Å². The van der Waals surface area contributed by atoms with Gasteiger partial charge in [-0.3, -0.25) is 0 Å². The van der Waals surface area contributed by atoms with E-state index in [1.165, 1.54) is 31.4 Å². The van der Waals surface area contributed by atoms with Crippen molar-refractivity contribution in [3.63, 3.8) is 0 Å². The van der Waals surface area contributed by atoms with Crippen LogP contribution >= 0.6 is 0 Å². The van der Waals surface area contributed by atoms with Gasteiger partial charge >= 0.3 is 0 Å². The van der Waals surface area contributed by atoms with E-state index in [0.717, 1.165) is 11.5 Å². The summed E-state index contributed by atoms with van der Waals surface area (Å²) in [6.07, 6.45) is 9.69. The Labute approximate surface area is 83.2 Å². The van der Waals surface area contributed by atoms with Gasteiger partial charge in [0.25, 0.3) is 0 Å². The number of hydrogen-bond acceptors (Lipinski definition) is 3. The molecule has 0 saturated carbocycles. The third-order valence-corrected chi connectivity index (χ3v) is 3.26. The fraction of sp³-hybridized carbons (Fsp3) is 0.545. The number of nitrogens with one attached hydrogen (secondary N) is 1. The SMILES string of the molecule is C1=C(c2cnoc2)CC2CCNC1C2. The topological polar surface area (TPSA) is 38.1 Å². The molecule has 0 spiro atoms. The molecule has 2 unspecified atom stereocenters. The third kappa shape index (κ3) is 1.38. The number of hydrogen-bond donors (Lipinski definition) is 1. The summed E-state index contributed by atoms with van der Waals surface area (Å²) in [4.78, 5) is 0. The lowest BCUT2D eigenvalue weighted by molar-refractivity contribution is 0.326. The van der Waals surface area contributed by atoms with Crippen LogP contribution in [0.1, 0.15) is 24.8 Å². The smallest absolute Gasteiger partial charge is 0.131 e. The molecular formula is C11H14N2O. The molecular weight excluding hydrogens is 176 g/mol. The van der Waals surface area contributed by atoms with Crippen molar-refractivity contribution in [2.75, 3.05) is 6.54 Å². The number of allylic oxidation sites excluding steroid dienone is 1. The average Bonchev–Trinajstić information content (AvgIpc) is 2.69. The van der Waals surface area contributed by atoms with Crippen molar-refractivity contribution < 1.29 is 4.52 Å². The molecule has 0 radical (unpaired) electrons. The number of piperidine rings is 1. The van der Waals surface area contributed by atoms with Gasteiger partial charge in [0.05, 0.1) is 6.20 Å². The molecule has 1 aliphatic heterocycles. The molecule has 14 heavy (non-hydrogen) atoms. The molecule has 1 N–H and O–H groups in total. The second-order valence-electron chi connectivity index (χ2n) is 4.26. The fourth-order valence-electron chi connectivity index (χ4n) is 2.54. The van der Waals surface area contributed by atoms with Gasteiger partial charge in [0.15, 0.2) is 0 Å². The normalized spacial score (nSPS) is 31.3. The van der Waals surface area contributed by atoms with E-state index in [-0.39, 0.29) is 0 Å². The van der Waals surface area contributed by atoms with Crippen LogP contribution in [0.4, 0.5) is 0 Å². The Balaban J connectivity index is 1.90. The van der Waals surface area contributed by atoms with Crippen molar-refractivity contribution in [1.29, 1.82) is 0 Å². The highest BCUT2D eigenvalue weighted by atomic mass is 16.5. The van der Waals surface area contributed by atoms with E-state index in [4.69, 9.17) is 4.52 Å². The summed E-state index contributed by atoms with van der Waals surface area (Å²) in [7, 11) is 0. The van der Waals surface area contributed by atoms with Gasteiger partial charge in [0.1, 0.15) is 6.26 Å². The molecule has 1 aromatic heterocycles. The molecule has 74 valence electrons. The van der Waals surface area contributed by atoms with Crippen LogP contribution in [0.25, 0.3) is 5.57 Å². The Morgan fingerprint density at radius 2 is 2.50 bits per heavy atom. The van der Waals surface area contributed by atoms with Crippen molar-refractivity contribution in [2.24, 2.45) is 5.92 Å². The Bertz CT molecular complexity index is 342. The van der Waals surface area contributed by atoms with Gasteiger partial charge in [0.2, 0.25) is 0 Å². The van der Waals surface area contributed by atoms with Crippen molar-refractivity contribution in [1.82, 2.24) is 10.5 Å². The molecule has 3 heteroatoms. The standard InChI is InChI=1S/C11H14N2O/c1-2-12-11-4-8(1)3-9(5-11)10-6-13-14-7-10/h5-8,11-12H,1-4H2. The van der Waals surface area contributed by atoms with Gasteiger partial charge in [-0.2, -0.15) is 0 Å². The van der Waals surface area contributed by atoms with Crippen LogP contribution in [-0.4, -0.2) is 17.7 Å². The van der Waals surface area contributed by atoms with Crippen LogP contribution in [0.3, 0.4) is 0 Å². The summed E-state index contributed by atoms with van der Waals surface area (Å²) in [5.41, 5.74) is 2.56. The molecule has 1 aromatic rings. The molecule has 2 aliphatic rings. The molecule has 1 saturated heterocycles. The van der Waals surface area contributed by atoms with E-state index in [9.17, 15) is 0 Å². The lowest BCUT2D eigenvalue weighted by atomic mass is 9.80. The van der Waals surface area contributed by atoms with Crippen molar-refractivity contribution in [2.45, 2.75) is 25.3 Å². The number of fused-ring (bicyclic) bond motifs is 2. The number of rotatable bonds is 1. The third-order valence-electron chi connectivity index (χ3n) is 3.26. The highest BCUT2D eigenvalue weighted by Gasteiger charge is 2.26. The van der Waals surface area contributed by atoms with E-state index >= 15 is 0 Å². The summed E-state index contributed by atoms with van der Waals surface area (Å²) in [5, 5.41) is 7.27. The first-order valence-corrected chi connectivity index (χ1v) is 5.25. The summed E-state index contributed by atoms with van der Waals surface area (Å²) < 4.78 is 4.88. The van der Waals surface area contributed by atoms with Gasteiger partial charge in [-0.05, 0) is 37.3 Å². The zero-order valence-electron chi connectivity index (χ0n) is 8.07. The minimum absolute atomic E-state index is 0.576. The van der Waals surface area contributed by atoms with Gasteiger partial charge in [-0.1, -0.05) is 11.2 Å². The molecule has 1 aliphatic carbocycles.